The average Bonchev–Trinajstić information content (AvgIpc) is 2.67. The summed E-state index contributed by atoms with van der Waals surface area (Å²) in [6.45, 7) is 2.22. The van der Waals surface area contributed by atoms with Gasteiger partial charge in [-0.15, -0.1) is 0 Å². The first-order chi connectivity index (χ1) is 9.02. The van der Waals surface area contributed by atoms with Crippen molar-refractivity contribution >= 4 is 5.97 Å². The first kappa shape index (κ1) is 13.9. The lowest BCUT2D eigenvalue weighted by molar-refractivity contribution is -0.142. The van der Waals surface area contributed by atoms with Gasteiger partial charge in [0.25, 0.3) is 0 Å². The Labute approximate surface area is 114 Å². The number of methoxy groups -OCH3 is 1. The van der Waals surface area contributed by atoms with Gasteiger partial charge in [0.05, 0.1) is 12.6 Å². The Morgan fingerprint density at radius 3 is 2.95 bits per heavy atom. The highest BCUT2D eigenvalue weighted by Gasteiger charge is 2.42. The number of nitrogens with one attached hydrogen (secondary N) is 1. The molecule has 0 radical (unpaired) electrons. The van der Waals surface area contributed by atoms with Crippen LogP contribution in [0.25, 0.3) is 0 Å². The van der Waals surface area contributed by atoms with E-state index < -0.39 is 0 Å². The van der Waals surface area contributed by atoms with E-state index >= 15 is 0 Å². The monoisotopic (exact) mass is 262 g/mol. The molecule has 3 unspecified atom stereocenters. The van der Waals surface area contributed by atoms with Crippen molar-refractivity contribution in [3.63, 3.8) is 0 Å². The standard InChI is InChI=1S/C15H22N2O2/c1-15-8-6-5-7-12(15)11(10-17(15)3)9-13(16-2)14(18)19-4/h5-8,10,12-13,16H,9H2,1-4H3. The van der Waals surface area contributed by atoms with Crippen LogP contribution in [0.4, 0.5) is 0 Å². The van der Waals surface area contributed by atoms with Crippen molar-refractivity contribution in [3.8, 4) is 0 Å². The van der Waals surface area contributed by atoms with Gasteiger partial charge in [-0.2, -0.15) is 0 Å². The Balaban J connectivity index is 2.18. The Kier molecular flexibility index (Phi) is 3.80. The molecule has 4 nitrogen and oxygen atoms in total. The zero-order chi connectivity index (χ0) is 14.0. The topological polar surface area (TPSA) is 41.6 Å². The summed E-state index contributed by atoms with van der Waals surface area (Å²) in [7, 11) is 5.29. The third-order valence-electron chi connectivity index (χ3n) is 4.27. The van der Waals surface area contributed by atoms with Crippen LogP contribution in [0.3, 0.4) is 0 Å². The number of likely N-dealkylation sites (N-methyl/N-ethyl adjacent to an activating group) is 2. The Morgan fingerprint density at radius 1 is 1.58 bits per heavy atom. The Bertz CT molecular complexity index is 453. The first-order valence-corrected chi connectivity index (χ1v) is 6.57. The summed E-state index contributed by atoms with van der Waals surface area (Å²) in [6.07, 6.45) is 11.4. The third-order valence-corrected chi connectivity index (χ3v) is 4.27. The molecule has 104 valence electrons. The molecule has 2 rings (SSSR count). The maximum absolute atomic E-state index is 11.7. The molecule has 2 aliphatic rings. The van der Waals surface area contributed by atoms with Crippen LogP contribution in [-0.4, -0.2) is 43.7 Å². The second kappa shape index (κ2) is 5.21. The number of carbonyl (C=O) groups excluding carboxylic acids is 1. The minimum atomic E-state index is -0.286. The predicted molar refractivity (Wildman–Crippen MR) is 75.5 cm³/mol. The predicted octanol–water partition coefficient (Wildman–Crippen LogP) is 1.47. The van der Waals surface area contributed by atoms with E-state index in [1.807, 2.05) is 0 Å². The van der Waals surface area contributed by atoms with Crippen LogP contribution in [0.15, 0.2) is 36.1 Å². The first-order valence-electron chi connectivity index (χ1n) is 6.57. The Morgan fingerprint density at radius 2 is 2.32 bits per heavy atom. The summed E-state index contributed by atoms with van der Waals surface area (Å²) in [4.78, 5) is 13.9. The molecule has 1 heterocycles. The van der Waals surface area contributed by atoms with Crippen molar-refractivity contribution < 1.29 is 9.53 Å². The highest BCUT2D eigenvalue weighted by atomic mass is 16.5. The lowest BCUT2D eigenvalue weighted by Gasteiger charge is -2.37. The normalized spacial score (nSPS) is 30.0. The van der Waals surface area contributed by atoms with Crippen LogP contribution in [0.5, 0.6) is 0 Å². The van der Waals surface area contributed by atoms with E-state index in [2.05, 4.69) is 54.7 Å². The maximum Gasteiger partial charge on any atom is 0.323 e. The van der Waals surface area contributed by atoms with Gasteiger partial charge in [-0.3, -0.25) is 4.79 Å². The van der Waals surface area contributed by atoms with E-state index in [1.54, 1.807) is 7.05 Å². The summed E-state index contributed by atoms with van der Waals surface area (Å²) < 4.78 is 4.83. The second-order valence-electron chi connectivity index (χ2n) is 5.33. The summed E-state index contributed by atoms with van der Waals surface area (Å²) >= 11 is 0. The highest BCUT2D eigenvalue weighted by Crippen LogP contribution is 2.42. The molecule has 0 spiro atoms. The van der Waals surface area contributed by atoms with E-state index in [4.69, 9.17) is 4.74 Å². The highest BCUT2D eigenvalue weighted by molar-refractivity contribution is 5.76. The Hall–Kier alpha value is -1.55. The molecule has 1 N–H and O–H groups in total. The number of carbonyl (C=O) groups is 1. The van der Waals surface area contributed by atoms with Gasteiger partial charge in [-0.05, 0) is 32.2 Å². The van der Waals surface area contributed by atoms with E-state index in [1.165, 1.54) is 12.7 Å². The van der Waals surface area contributed by atoms with Crippen molar-refractivity contribution in [1.29, 1.82) is 0 Å². The van der Waals surface area contributed by atoms with E-state index in [9.17, 15) is 4.79 Å². The number of rotatable bonds is 4. The molecular weight excluding hydrogens is 240 g/mol. The van der Waals surface area contributed by atoms with Gasteiger partial charge >= 0.3 is 5.97 Å². The van der Waals surface area contributed by atoms with Crippen molar-refractivity contribution in [3.05, 3.63) is 36.1 Å². The molecule has 0 fully saturated rings. The fourth-order valence-corrected chi connectivity index (χ4v) is 2.89. The van der Waals surface area contributed by atoms with Crippen molar-refractivity contribution in [2.45, 2.75) is 24.9 Å². The number of hydrogen-bond donors (Lipinski definition) is 1. The minimum absolute atomic E-state index is 0.0154. The molecule has 0 saturated heterocycles. The number of esters is 1. The van der Waals surface area contributed by atoms with Gasteiger partial charge in [0, 0.05) is 13.0 Å². The number of hydrogen-bond acceptors (Lipinski definition) is 4. The summed E-state index contributed by atoms with van der Waals surface area (Å²) in [6, 6.07) is -0.286. The number of allylic oxidation sites excluding steroid dienone is 2. The molecule has 1 aliphatic heterocycles. The van der Waals surface area contributed by atoms with Crippen molar-refractivity contribution in [1.82, 2.24) is 10.2 Å². The molecule has 0 amide bonds. The largest absolute Gasteiger partial charge is 0.468 e. The van der Waals surface area contributed by atoms with E-state index in [-0.39, 0.29) is 17.6 Å². The minimum Gasteiger partial charge on any atom is -0.468 e. The molecule has 3 atom stereocenters. The van der Waals surface area contributed by atoms with E-state index in [0.717, 1.165) is 0 Å². The van der Waals surface area contributed by atoms with Crippen LogP contribution in [0.2, 0.25) is 0 Å². The SMILES string of the molecule is CNC(CC1=CN(C)C2(C)C=CC=CC12)C(=O)OC. The van der Waals surface area contributed by atoms with Gasteiger partial charge in [0.2, 0.25) is 0 Å². The van der Waals surface area contributed by atoms with Crippen molar-refractivity contribution in [2.24, 2.45) is 5.92 Å². The molecule has 0 aromatic heterocycles. The van der Waals surface area contributed by atoms with Crippen LogP contribution in [0, 0.1) is 5.92 Å². The molecule has 1 aliphatic carbocycles. The molecule has 0 bridgehead atoms. The molecule has 0 aromatic carbocycles. The van der Waals surface area contributed by atoms with Gasteiger partial charge in [0.1, 0.15) is 6.04 Å². The number of ether oxygens (including phenoxy) is 1. The van der Waals surface area contributed by atoms with Gasteiger partial charge in [0.15, 0.2) is 0 Å². The fourth-order valence-electron chi connectivity index (χ4n) is 2.89. The van der Waals surface area contributed by atoms with Crippen LogP contribution in [0.1, 0.15) is 13.3 Å². The molecular formula is C15H22N2O2. The molecule has 19 heavy (non-hydrogen) atoms. The van der Waals surface area contributed by atoms with Crippen LogP contribution < -0.4 is 5.32 Å². The quantitative estimate of drug-likeness (QED) is 0.779. The smallest absolute Gasteiger partial charge is 0.323 e. The summed E-state index contributed by atoms with van der Waals surface area (Å²) in [5, 5.41) is 3.03. The maximum atomic E-state index is 11.7. The van der Waals surface area contributed by atoms with Gasteiger partial charge in [-0.25, -0.2) is 0 Å². The number of nitrogens with zero attached hydrogens (tertiary/aromatic N) is 1. The zero-order valence-corrected chi connectivity index (χ0v) is 12.0. The summed E-state index contributed by atoms with van der Waals surface area (Å²) in [5.41, 5.74) is 1.24. The lowest BCUT2D eigenvalue weighted by Crippen LogP contribution is -2.42. The molecule has 0 aromatic rings. The van der Waals surface area contributed by atoms with Crippen molar-refractivity contribution in [2.75, 3.05) is 21.2 Å². The third kappa shape index (κ3) is 2.32. The molecule has 0 saturated carbocycles. The molecule has 4 heteroatoms. The fraction of sp³-hybridized carbons (Fsp3) is 0.533. The summed E-state index contributed by atoms with van der Waals surface area (Å²) in [5.74, 6) is 0.109. The average molecular weight is 262 g/mol. The lowest BCUT2D eigenvalue weighted by atomic mass is 9.78. The van der Waals surface area contributed by atoms with Gasteiger partial charge < -0.3 is 15.0 Å². The van der Waals surface area contributed by atoms with E-state index in [0.29, 0.717) is 12.3 Å². The van der Waals surface area contributed by atoms with Gasteiger partial charge in [-0.1, -0.05) is 24.3 Å². The van der Waals surface area contributed by atoms with Crippen LogP contribution in [-0.2, 0) is 9.53 Å². The number of fused-ring (bicyclic) bond motifs is 1. The second-order valence-corrected chi connectivity index (χ2v) is 5.33. The van der Waals surface area contributed by atoms with Crippen LogP contribution >= 0.6 is 0 Å². The zero-order valence-electron chi connectivity index (χ0n) is 12.0.